The Balaban J connectivity index is 2.25. The maximum atomic E-state index is 4.85. The quantitative estimate of drug-likeness (QED) is 0.844. The molecule has 112 valence electrons. The average molecular weight is 293 g/mol. The van der Waals surface area contributed by atoms with Crippen molar-refractivity contribution in [1.82, 2.24) is 9.97 Å². The molecule has 1 aromatic rings. The summed E-state index contributed by atoms with van der Waals surface area (Å²) in [5.41, 5.74) is 2.66. The van der Waals surface area contributed by atoms with E-state index in [1.807, 2.05) is 11.8 Å². The number of nitrogens with one attached hydrogen (secondary N) is 1. The lowest BCUT2D eigenvalue weighted by Gasteiger charge is -2.18. The van der Waals surface area contributed by atoms with E-state index in [4.69, 9.17) is 9.97 Å². The maximum Gasteiger partial charge on any atom is 0.140 e. The number of fused-ring (bicyclic) bond motifs is 1. The third-order valence-electron chi connectivity index (χ3n) is 3.46. The summed E-state index contributed by atoms with van der Waals surface area (Å²) in [6, 6.07) is 0. The molecule has 0 aliphatic heterocycles. The molecule has 0 unspecified atom stereocenters. The second-order valence-corrected chi connectivity index (χ2v) is 8.21. The Morgan fingerprint density at radius 2 is 1.85 bits per heavy atom. The first kappa shape index (κ1) is 15.6. The molecule has 20 heavy (non-hydrogen) atoms. The van der Waals surface area contributed by atoms with Crippen molar-refractivity contribution in [2.24, 2.45) is 0 Å². The molecule has 4 heteroatoms. The van der Waals surface area contributed by atoms with Crippen molar-refractivity contribution in [3.05, 3.63) is 17.1 Å². The molecule has 0 bridgehead atoms. The predicted octanol–water partition coefficient (Wildman–Crippen LogP) is 4.21. The van der Waals surface area contributed by atoms with Gasteiger partial charge in [0.15, 0.2) is 0 Å². The first-order valence-corrected chi connectivity index (χ1v) is 8.74. The van der Waals surface area contributed by atoms with Crippen LogP contribution in [0.15, 0.2) is 0 Å². The number of nitrogens with zero attached hydrogens (tertiary/aromatic N) is 2. The van der Waals surface area contributed by atoms with Gasteiger partial charge in [0.05, 0.1) is 5.75 Å². The van der Waals surface area contributed by atoms with E-state index in [2.05, 4.69) is 33.0 Å². The van der Waals surface area contributed by atoms with Crippen LogP contribution in [0, 0.1) is 0 Å². The molecular weight excluding hydrogens is 266 g/mol. The zero-order chi connectivity index (χ0) is 14.6. The van der Waals surface area contributed by atoms with Crippen LogP contribution >= 0.6 is 11.8 Å². The fourth-order valence-electron chi connectivity index (χ4n) is 2.48. The van der Waals surface area contributed by atoms with Gasteiger partial charge in [-0.05, 0) is 32.6 Å². The molecule has 0 aromatic carbocycles. The van der Waals surface area contributed by atoms with E-state index in [-0.39, 0.29) is 4.75 Å². The Hall–Kier alpha value is -0.770. The molecule has 0 saturated heterocycles. The van der Waals surface area contributed by atoms with Crippen molar-refractivity contribution in [1.29, 1.82) is 0 Å². The highest BCUT2D eigenvalue weighted by Gasteiger charge is 2.18. The lowest BCUT2D eigenvalue weighted by Crippen LogP contribution is -2.13. The van der Waals surface area contributed by atoms with Gasteiger partial charge in [-0.2, -0.15) is 0 Å². The highest BCUT2D eigenvalue weighted by Crippen LogP contribution is 2.29. The molecule has 0 spiro atoms. The van der Waals surface area contributed by atoms with Gasteiger partial charge in [-0.25, -0.2) is 9.97 Å². The van der Waals surface area contributed by atoms with Gasteiger partial charge in [-0.3, -0.25) is 0 Å². The minimum atomic E-state index is 0.258. The molecule has 0 radical (unpaired) electrons. The Labute approximate surface area is 127 Å². The van der Waals surface area contributed by atoms with Crippen LogP contribution in [0.5, 0.6) is 0 Å². The van der Waals surface area contributed by atoms with Crippen molar-refractivity contribution >= 4 is 17.6 Å². The number of aryl methyl sites for hydroxylation is 1. The number of hydrogen-bond acceptors (Lipinski definition) is 4. The second kappa shape index (κ2) is 6.79. The van der Waals surface area contributed by atoms with Gasteiger partial charge >= 0.3 is 0 Å². The molecule has 1 N–H and O–H groups in total. The molecule has 0 fully saturated rings. The van der Waals surface area contributed by atoms with Crippen LogP contribution in [-0.2, 0) is 18.6 Å². The van der Waals surface area contributed by atoms with Crippen LogP contribution in [0.25, 0.3) is 0 Å². The third kappa shape index (κ3) is 4.37. The van der Waals surface area contributed by atoms with Gasteiger partial charge in [0.2, 0.25) is 0 Å². The van der Waals surface area contributed by atoms with Crippen LogP contribution in [0.2, 0.25) is 0 Å². The highest BCUT2D eigenvalue weighted by molar-refractivity contribution is 7.99. The molecule has 0 saturated carbocycles. The second-order valence-electron chi connectivity index (χ2n) is 6.41. The summed E-state index contributed by atoms with van der Waals surface area (Å²) in [5.74, 6) is 2.97. The van der Waals surface area contributed by atoms with E-state index in [1.165, 1.54) is 30.5 Å². The first-order chi connectivity index (χ1) is 9.49. The zero-order valence-corrected chi connectivity index (χ0v) is 14.1. The van der Waals surface area contributed by atoms with E-state index in [1.54, 1.807) is 0 Å². The summed E-state index contributed by atoms with van der Waals surface area (Å²) in [7, 11) is 0. The summed E-state index contributed by atoms with van der Waals surface area (Å²) >= 11 is 1.92. The summed E-state index contributed by atoms with van der Waals surface area (Å²) < 4.78 is 0.258. The number of hydrogen-bond donors (Lipinski definition) is 1. The summed E-state index contributed by atoms with van der Waals surface area (Å²) in [4.78, 5) is 9.62. The van der Waals surface area contributed by atoms with E-state index in [0.29, 0.717) is 0 Å². The minimum absolute atomic E-state index is 0.258. The minimum Gasteiger partial charge on any atom is -0.370 e. The van der Waals surface area contributed by atoms with Crippen LogP contribution in [0.3, 0.4) is 0 Å². The van der Waals surface area contributed by atoms with Crippen LogP contribution < -0.4 is 5.32 Å². The molecule has 1 aliphatic rings. The predicted molar refractivity (Wildman–Crippen MR) is 88.5 cm³/mol. The van der Waals surface area contributed by atoms with Crippen LogP contribution in [0.1, 0.15) is 64.0 Å². The van der Waals surface area contributed by atoms with Gasteiger partial charge in [0, 0.05) is 22.5 Å². The highest BCUT2D eigenvalue weighted by atomic mass is 32.2. The fourth-order valence-corrected chi connectivity index (χ4v) is 3.17. The van der Waals surface area contributed by atoms with Crippen LogP contribution in [-0.4, -0.2) is 21.3 Å². The largest absolute Gasteiger partial charge is 0.370 e. The van der Waals surface area contributed by atoms with Crippen LogP contribution in [0.4, 0.5) is 5.82 Å². The SMILES string of the molecule is CCNc1nc(CSC(C)(C)C)nc2c1CCCCC2. The molecule has 1 aliphatic carbocycles. The van der Waals surface area contributed by atoms with Gasteiger partial charge in [0.1, 0.15) is 11.6 Å². The fraction of sp³-hybridized carbons (Fsp3) is 0.750. The molecule has 3 nitrogen and oxygen atoms in total. The Kier molecular flexibility index (Phi) is 5.30. The molecule has 1 aromatic heterocycles. The van der Waals surface area contributed by atoms with Crippen molar-refractivity contribution in [3.63, 3.8) is 0 Å². The Morgan fingerprint density at radius 3 is 2.55 bits per heavy atom. The molecule has 1 heterocycles. The van der Waals surface area contributed by atoms with E-state index >= 15 is 0 Å². The monoisotopic (exact) mass is 293 g/mol. The van der Waals surface area contributed by atoms with E-state index in [9.17, 15) is 0 Å². The van der Waals surface area contributed by atoms with Crippen molar-refractivity contribution < 1.29 is 0 Å². The smallest absolute Gasteiger partial charge is 0.140 e. The summed E-state index contributed by atoms with van der Waals surface area (Å²) in [6.07, 6.45) is 6.09. The standard InChI is InChI=1S/C16H27N3S/c1-5-17-15-12-9-7-6-8-10-13(12)18-14(19-15)11-20-16(2,3)4/h5-11H2,1-4H3,(H,17,18,19). The number of anilines is 1. The topological polar surface area (TPSA) is 37.8 Å². The molecular formula is C16H27N3S. The van der Waals surface area contributed by atoms with E-state index in [0.717, 1.165) is 36.8 Å². The maximum absolute atomic E-state index is 4.85. The van der Waals surface area contributed by atoms with Crippen molar-refractivity contribution in [3.8, 4) is 0 Å². The molecule has 0 amide bonds. The lowest BCUT2D eigenvalue weighted by atomic mass is 10.1. The van der Waals surface area contributed by atoms with Gasteiger partial charge < -0.3 is 5.32 Å². The Bertz CT molecular complexity index is 452. The number of thioether (sulfide) groups is 1. The molecule has 0 atom stereocenters. The Morgan fingerprint density at radius 1 is 1.10 bits per heavy atom. The number of rotatable bonds is 4. The van der Waals surface area contributed by atoms with Crippen molar-refractivity contribution in [2.45, 2.75) is 70.3 Å². The molecule has 2 rings (SSSR count). The summed E-state index contributed by atoms with van der Waals surface area (Å²) in [5, 5.41) is 3.44. The number of aromatic nitrogens is 2. The van der Waals surface area contributed by atoms with Gasteiger partial charge in [-0.15, -0.1) is 11.8 Å². The van der Waals surface area contributed by atoms with Gasteiger partial charge in [0.25, 0.3) is 0 Å². The zero-order valence-electron chi connectivity index (χ0n) is 13.3. The first-order valence-electron chi connectivity index (χ1n) is 7.76. The average Bonchev–Trinajstić information content (AvgIpc) is 2.61. The lowest BCUT2D eigenvalue weighted by molar-refractivity contribution is 0.708. The van der Waals surface area contributed by atoms with Gasteiger partial charge in [-0.1, -0.05) is 27.2 Å². The van der Waals surface area contributed by atoms with E-state index < -0.39 is 0 Å². The normalized spacial score (nSPS) is 15.6. The third-order valence-corrected chi connectivity index (χ3v) is 4.73. The summed E-state index contributed by atoms with van der Waals surface area (Å²) in [6.45, 7) is 9.79. The van der Waals surface area contributed by atoms with Crippen molar-refractivity contribution in [2.75, 3.05) is 11.9 Å².